The molecule has 3 rings (SSSR count). The molecule has 31 heavy (non-hydrogen) atoms. The summed E-state index contributed by atoms with van der Waals surface area (Å²) in [6, 6.07) is 15.3. The third kappa shape index (κ3) is 5.74. The van der Waals surface area contributed by atoms with Crippen LogP contribution in [-0.4, -0.2) is 18.4 Å². The number of nitrogens with two attached hydrogens (primary N) is 1. The van der Waals surface area contributed by atoms with Crippen LogP contribution in [0.3, 0.4) is 0 Å². The maximum atomic E-state index is 13.1. The average molecular weight is 501 g/mol. The lowest BCUT2D eigenvalue weighted by atomic mass is 10.1. The average Bonchev–Trinajstić information content (AvgIpc) is 3.02. The van der Waals surface area contributed by atoms with Crippen molar-refractivity contribution < 1.29 is 14.3 Å². The molecule has 0 bridgehead atoms. The normalized spacial score (nSPS) is 10.9. The molecule has 3 aromatic rings. The second kappa shape index (κ2) is 10.1. The molecule has 0 aliphatic rings. The first-order valence-electron chi connectivity index (χ1n) is 9.96. The topological polar surface area (TPSA) is 81.4 Å². The first-order chi connectivity index (χ1) is 14.8. The molecule has 0 atom stereocenters. The number of hydrogen-bond acceptors (Lipinski definition) is 4. The molecule has 162 valence electrons. The first kappa shape index (κ1) is 23.0. The Kier molecular flexibility index (Phi) is 7.51. The molecule has 7 heteroatoms. The fourth-order valence-electron chi connectivity index (χ4n) is 3.13. The van der Waals surface area contributed by atoms with Gasteiger partial charge in [-0.1, -0.05) is 60.1 Å². The van der Waals surface area contributed by atoms with Gasteiger partial charge in [-0.2, -0.15) is 0 Å². The second-order valence-electron chi connectivity index (χ2n) is 7.68. The number of ether oxygens (including phenoxy) is 1. The third-order valence-electron chi connectivity index (χ3n) is 4.68. The highest BCUT2D eigenvalue weighted by Gasteiger charge is 2.23. The maximum absolute atomic E-state index is 13.1. The molecule has 0 aliphatic heterocycles. The summed E-state index contributed by atoms with van der Waals surface area (Å²) in [7, 11) is 0. The van der Waals surface area contributed by atoms with Gasteiger partial charge in [0.05, 0.1) is 17.7 Å². The number of carbonyl (C=O) groups is 2. The van der Waals surface area contributed by atoms with Crippen molar-refractivity contribution in [1.82, 2.24) is 0 Å². The summed E-state index contributed by atoms with van der Waals surface area (Å²) in [5.41, 5.74) is 8.31. The van der Waals surface area contributed by atoms with E-state index in [9.17, 15) is 9.59 Å². The number of anilines is 1. The first-order valence-corrected chi connectivity index (χ1v) is 11.6. The smallest absolute Gasteiger partial charge is 0.260 e. The molecule has 0 unspecified atom stereocenters. The highest BCUT2D eigenvalue weighted by molar-refractivity contribution is 9.10. The standard InChI is InChI=1S/C24H25BrN2O3S/c1-14(2)13-30-19-10-9-17(25)12-18(19)23(29)27-24-21(22(26)28)15(3)20(31-24)11-16-7-5-4-6-8-16/h4-10,12,14H,11,13H2,1-3H3,(H2,26,28)(H,27,29). The zero-order valence-corrected chi connectivity index (χ0v) is 20.1. The number of amides is 2. The fourth-order valence-corrected chi connectivity index (χ4v) is 4.73. The SMILES string of the molecule is Cc1c(Cc2ccccc2)sc(NC(=O)c2cc(Br)ccc2OCC(C)C)c1C(N)=O. The number of halogens is 1. The number of rotatable bonds is 8. The zero-order valence-electron chi connectivity index (χ0n) is 17.7. The monoisotopic (exact) mass is 500 g/mol. The zero-order chi connectivity index (χ0) is 22.5. The Morgan fingerprint density at radius 2 is 1.87 bits per heavy atom. The van der Waals surface area contributed by atoms with Crippen LogP contribution in [0.25, 0.3) is 0 Å². The van der Waals surface area contributed by atoms with Crippen LogP contribution >= 0.6 is 27.3 Å². The van der Waals surface area contributed by atoms with Gasteiger partial charge in [-0.15, -0.1) is 11.3 Å². The molecule has 1 heterocycles. The van der Waals surface area contributed by atoms with E-state index in [0.29, 0.717) is 40.8 Å². The van der Waals surface area contributed by atoms with Crippen molar-refractivity contribution in [1.29, 1.82) is 0 Å². The summed E-state index contributed by atoms with van der Waals surface area (Å²) in [5.74, 6) is -0.0988. The molecule has 0 saturated heterocycles. The van der Waals surface area contributed by atoms with Crippen LogP contribution in [0, 0.1) is 12.8 Å². The van der Waals surface area contributed by atoms with Gasteiger partial charge in [-0.3, -0.25) is 9.59 Å². The Morgan fingerprint density at radius 3 is 2.52 bits per heavy atom. The molecular weight excluding hydrogens is 476 g/mol. The third-order valence-corrected chi connectivity index (χ3v) is 6.39. The van der Waals surface area contributed by atoms with Gasteiger partial charge in [0.25, 0.3) is 11.8 Å². The molecular formula is C24H25BrN2O3S. The molecule has 0 fully saturated rings. The van der Waals surface area contributed by atoms with Gasteiger partial charge in [0.2, 0.25) is 0 Å². The van der Waals surface area contributed by atoms with E-state index in [1.165, 1.54) is 11.3 Å². The van der Waals surface area contributed by atoms with Gasteiger partial charge in [-0.25, -0.2) is 0 Å². The molecule has 2 aromatic carbocycles. The fraction of sp³-hybridized carbons (Fsp3) is 0.250. The Labute approximate surface area is 194 Å². The van der Waals surface area contributed by atoms with Crippen molar-refractivity contribution in [2.75, 3.05) is 11.9 Å². The number of thiophene rings is 1. The highest BCUT2D eigenvalue weighted by Crippen LogP contribution is 2.35. The van der Waals surface area contributed by atoms with Crippen LogP contribution in [0.15, 0.2) is 53.0 Å². The van der Waals surface area contributed by atoms with E-state index in [1.54, 1.807) is 12.1 Å². The summed E-state index contributed by atoms with van der Waals surface area (Å²) in [4.78, 5) is 26.3. The maximum Gasteiger partial charge on any atom is 0.260 e. The predicted octanol–water partition coefficient (Wildman–Crippen LogP) is 5.80. The number of nitrogens with one attached hydrogen (secondary N) is 1. The number of carbonyl (C=O) groups excluding carboxylic acids is 2. The molecule has 0 radical (unpaired) electrons. The van der Waals surface area contributed by atoms with Crippen LogP contribution in [0.5, 0.6) is 5.75 Å². The quantitative estimate of drug-likeness (QED) is 0.410. The minimum Gasteiger partial charge on any atom is -0.492 e. The Bertz CT molecular complexity index is 1090. The molecule has 3 N–H and O–H groups in total. The highest BCUT2D eigenvalue weighted by atomic mass is 79.9. The minimum absolute atomic E-state index is 0.321. The summed E-state index contributed by atoms with van der Waals surface area (Å²) in [6.07, 6.45) is 0.660. The van der Waals surface area contributed by atoms with Crippen molar-refractivity contribution in [2.45, 2.75) is 27.2 Å². The van der Waals surface area contributed by atoms with Crippen molar-refractivity contribution in [3.63, 3.8) is 0 Å². The Morgan fingerprint density at radius 1 is 1.16 bits per heavy atom. The molecule has 5 nitrogen and oxygen atoms in total. The van der Waals surface area contributed by atoms with Crippen molar-refractivity contribution in [2.24, 2.45) is 11.7 Å². The molecule has 1 aromatic heterocycles. The van der Waals surface area contributed by atoms with E-state index in [4.69, 9.17) is 10.5 Å². The van der Waals surface area contributed by atoms with E-state index < -0.39 is 5.91 Å². The van der Waals surface area contributed by atoms with Crippen LogP contribution in [0.1, 0.15) is 50.6 Å². The van der Waals surface area contributed by atoms with Crippen molar-refractivity contribution in [3.05, 3.63) is 80.1 Å². The van der Waals surface area contributed by atoms with Crippen LogP contribution in [0.2, 0.25) is 0 Å². The largest absolute Gasteiger partial charge is 0.492 e. The summed E-state index contributed by atoms with van der Waals surface area (Å²) in [5, 5.41) is 3.34. The van der Waals surface area contributed by atoms with Gasteiger partial charge >= 0.3 is 0 Å². The Balaban J connectivity index is 1.92. The second-order valence-corrected chi connectivity index (χ2v) is 9.70. The van der Waals surface area contributed by atoms with Crippen LogP contribution in [-0.2, 0) is 6.42 Å². The predicted molar refractivity (Wildman–Crippen MR) is 129 cm³/mol. The molecule has 2 amide bonds. The number of benzene rings is 2. The number of hydrogen-bond donors (Lipinski definition) is 2. The Hall–Kier alpha value is -2.64. The van der Waals surface area contributed by atoms with E-state index in [2.05, 4.69) is 21.2 Å². The van der Waals surface area contributed by atoms with Gasteiger partial charge in [0.1, 0.15) is 10.8 Å². The van der Waals surface area contributed by atoms with E-state index in [0.717, 1.165) is 20.5 Å². The lowest BCUT2D eigenvalue weighted by molar-refractivity contribution is 0.100. The van der Waals surface area contributed by atoms with Gasteiger partial charge in [0, 0.05) is 15.8 Å². The van der Waals surface area contributed by atoms with E-state index in [1.807, 2.05) is 57.2 Å². The van der Waals surface area contributed by atoms with Crippen LogP contribution in [0.4, 0.5) is 5.00 Å². The summed E-state index contributed by atoms with van der Waals surface area (Å²) in [6.45, 7) is 6.44. The number of primary amides is 1. The molecule has 0 saturated carbocycles. The van der Waals surface area contributed by atoms with Crippen molar-refractivity contribution in [3.8, 4) is 5.75 Å². The lowest BCUT2D eigenvalue weighted by Crippen LogP contribution is -2.18. The summed E-state index contributed by atoms with van der Waals surface area (Å²) >= 11 is 4.79. The minimum atomic E-state index is -0.561. The van der Waals surface area contributed by atoms with Gasteiger partial charge < -0.3 is 15.8 Å². The van der Waals surface area contributed by atoms with Gasteiger partial charge in [0.15, 0.2) is 0 Å². The van der Waals surface area contributed by atoms with Gasteiger partial charge in [-0.05, 0) is 42.2 Å². The van der Waals surface area contributed by atoms with Crippen LogP contribution < -0.4 is 15.8 Å². The van der Waals surface area contributed by atoms with Crippen molar-refractivity contribution >= 4 is 44.1 Å². The van der Waals surface area contributed by atoms with E-state index in [-0.39, 0.29) is 5.91 Å². The molecule has 0 aliphatic carbocycles. The summed E-state index contributed by atoms with van der Waals surface area (Å²) < 4.78 is 6.59. The lowest BCUT2D eigenvalue weighted by Gasteiger charge is -2.13. The molecule has 0 spiro atoms. The van der Waals surface area contributed by atoms with E-state index >= 15 is 0 Å².